The number of rotatable bonds is 6. The number of aromatic amines is 1. The van der Waals surface area contributed by atoms with Crippen molar-refractivity contribution in [3.05, 3.63) is 17.0 Å². The van der Waals surface area contributed by atoms with Crippen molar-refractivity contribution in [3.63, 3.8) is 0 Å². The average Bonchev–Trinajstić information content (AvgIpc) is 2.97. The quantitative estimate of drug-likeness (QED) is 0.697. The smallest absolute Gasteiger partial charge is 0.336 e. The summed E-state index contributed by atoms with van der Waals surface area (Å²) in [7, 11) is -2.49. The van der Waals surface area contributed by atoms with Crippen molar-refractivity contribution in [1.29, 1.82) is 0 Å². The Morgan fingerprint density at radius 1 is 1.55 bits per heavy atom. The molecule has 0 fully saturated rings. The van der Waals surface area contributed by atoms with E-state index in [2.05, 4.69) is 19.9 Å². The molecule has 0 atom stereocenters. The maximum absolute atomic E-state index is 12.0. The Morgan fingerprint density at radius 3 is 2.90 bits per heavy atom. The summed E-state index contributed by atoms with van der Waals surface area (Å²) in [5.74, 6) is -1.11. The van der Waals surface area contributed by atoms with Gasteiger partial charge in [-0.3, -0.25) is 4.79 Å². The van der Waals surface area contributed by atoms with Gasteiger partial charge in [-0.05, 0) is 12.1 Å². The van der Waals surface area contributed by atoms with Gasteiger partial charge in [-0.1, -0.05) is 0 Å². The molecule has 3 N–H and O–H groups in total. The van der Waals surface area contributed by atoms with Crippen LogP contribution < -0.4 is 9.46 Å². The third-order valence-electron chi connectivity index (χ3n) is 2.11. The van der Waals surface area contributed by atoms with Gasteiger partial charge in [0.15, 0.2) is 0 Å². The van der Waals surface area contributed by atoms with Gasteiger partial charge in [-0.2, -0.15) is 4.98 Å². The van der Waals surface area contributed by atoms with E-state index in [-0.39, 0.29) is 22.6 Å². The summed E-state index contributed by atoms with van der Waals surface area (Å²) in [6, 6.07) is 2.79. The van der Waals surface area contributed by atoms with Crippen LogP contribution in [0.3, 0.4) is 0 Å². The number of hydrogen-bond donors (Lipinski definition) is 3. The van der Waals surface area contributed by atoms with Gasteiger partial charge in [-0.15, -0.1) is 16.4 Å². The van der Waals surface area contributed by atoms with Crippen molar-refractivity contribution in [3.8, 4) is 6.01 Å². The zero-order chi connectivity index (χ0) is 14.8. The van der Waals surface area contributed by atoms with Crippen LogP contribution in [0.4, 0.5) is 5.95 Å². The first-order valence-corrected chi connectivity index (χ1v) is 7.50. The molecule has 0 aromatic carbocycles. The third-order valence-corrected chi connectivity index (χ3v) is 5.02. The topological polar surface area (TPSA) is 134 Å². The molecule has 0 saturated heterocycles. The van der Waals surface area contributed by atoms with E-state index in [1.807, 2.05) is 0 Å². The SMILES string of the molecule is COc1n[nH]c(NS(=O)(=O)c2ccc(CC(=O)O)s2)n1. The second-order valence-corrected chi connectivity index (χ2v) is 6.65. The number of anilines is 1. The fourth-order valence-corrected chi connectivity index (χ4v) is 3.61. The molecule has 0 radical (unpaired) electrons. The van der Waals surface area contributed by atoms with Crippen LogP contribution in [0.1, 0.15) is 4.88 Å². The molecule has 20 heavy (non-hydrogen) atoms. The number of thiophene rings is 1. The van der Waals surface area contributed by atoms with Gasteiger partial charge in [0.2, 0.25) is 5.95 Å². The number of H-pyrrole nitrogens is 1. The number of sulfonamides is 1. The molecular formula is C9H10N4O5S2. The molecular weight excluding hydrogens is 308 g/mol. The fraction of sp³-hybridized carbons (Fsp3) is 0.222. The monoisotopic (exact) mass is 318 g/mol. The molecule has 0 aliphatic heterocycles. The molecule has 108 valence electrons. The molecule has 0 bridgehead atoms. The zero-order valence-electron chi connectivity index (χ0n) is 10.2. The summed E-state index contributed by atoms with van der Waals surface area (Å²) in [5, 5.41) is 14.6. The molecule has 2 heterocycles. The Hall–Kier alpha value is -2.14. The molecule has 0 aliphatic rings. The Morgan fingerprint density at radius 2 is 2.30 bits per heavy atom. The van der Waals surface area contributed by atoms with Gasteiger partial charge in [0.25, 0.3) is 10.0 Å². The maximum Gasteiger partial charge on any atom is 0.336 e. The lowest BCUT2D eigenvalue weighted by Crippen LogP contribution is -2.12. The molecule has 0 spiro atoms. The Bertz CT molecular complexity index is 720. The minimum Gasteiger partial charge on any atom is -0.481 e. The van der Waals surface area contributed by atoms with Gasteiger partial charge in [-0.25, -0.2) is 18.2 Å². The van der Waals surface area contributed by atoms with E-state index >= 15 is 0 Å². The van der Waals surface area contributed by atoms with Crippen molar-refractivity contribution < 1.29 is 23.1 Å². The second kappa shape index (κ2) is 5.46. The van der Waals surface area contributed by atoms with Crippen molar-refractivity contribution >= 4 is 33.3 Å². The van der Waals surface area contributed by atoms with Crippen molar-refractivity contribution in [2.45, 2.75) is 10.6 Å². The van der Waals surface area contributed by atoms with Gasteiger partial charge in [0.05, 0.1) is 13.5 Å². The molecule has 0 saturated carbocycles. The number of ether oxygens (including phenoxy) is 1. The summed E-state index contributed by atoms with van der Waals surface area (Å²) in [6.07, 6.45) is -0.226. The highest BCUT2D eigenvalue weighted by atomic mass is 32.2. The van der Waals surface area contributed by atoms with Crippen molar-refractivity contribution in [2.24, 2.45) is 0 Å². The van der Waals surface area contributed by atoms with Gasteiger partial charge >= 0.3 is 12.0 Å². The Kier molecular flexibility index (Phi) is 3.90. The van der Waals surface area contributed by atoms with Gasteiger partial charge in [0.1, 0.15) is 4.21 Å². The predicted octanol–water partition coefficient (Wildman–Crippen LogP) is 0.303. The number of nitrogens with one attached hydrogen (secondary N) is 2. The summed E-state index contributed by atoms with van der Waals surface area (Å²) in [5.41, 5.74) is 0. The van der Waals surface area contributed by atoms with Crippen LogP contribution in [-0.4, -0.2) is 41.8 Å². The summed E-state index contributed by atoms with van der Waals surface area (Å²) in [6.45, 7) is 0. The Balaban J connectivity index is 2.17. The minimum atomic E-state index is -3.84. The molecule has 9 nitrogen and oxygen atoms in total. The molecule has 0 amide bonds. The first-order chi connectivity index (χ1) is 9.40. The second-order valence-electron chi connectivity index (χ2n) is 3.57. The number of carboxylic acid groups (broad SMARTS) is 1. The largest absolute Gasteiger partial charge is 0.481 e. The zero-order valence-corrected chi connectivity index (χ0v) is 11.8. The summed E-state index contributed by atoms with van der Waals surface area (Å²) < 4.78 is 30.9. The van der Waals surface area contributed by atoms with Gasteiger partial charge < -0.3 is 9.84 Å². The average molecular weight is 318 g/mol. The number of nitrogens with zero attached hydrogens (tertiary/aromatic N) is 2. The van der Waals surface area contributed by atoms with Crippen LogP contribution in [0, 0.1) is 0 Å². The number of carboxylic acids is 1. The molecule has 2 rings (SSSR count). The van der Waals surface area contributed by atoms with Crippen LogP contribution >= 0.6 is 11.3 Å². The van der Waals surface area contributed by atoms with E-state index < -0.39 is 16.0 Å². The van der Waals surface area contributed by atoms with E-state index in [0.717, 1.165) is 11.3 Å². The molecule has 0 unspecified atom stereocenters. The first-order valence-electron chi connectivity index (χ1n) is 5.20. The van der Waals surface area contributed by atoms with Crippen molar-refractivity contribution in [1.82, 2.24) is 15.2 Å². The lowest BCUT2D eigenvalue weighted by Gasteiger charge is -2.01. The van der Waals surface area contributed by atoms with E-state index in [0.29, 0.717) is 4.88 Å². The fourth-order valence-electron chi connectivity index (χ4n) is 1.31. The number of hydrogen-bond acceptors (Lipinski definition) is 7. The van der Waals surface area contributed by atoms with Crippen LogP contribution in [-0.2, 0) is 21.2 Å². The Labute approximate surface area is 117 Å². The van der Waals surface area contributed by atoms with E-state index in [9.17, 15) is 13.2 Å². The van der Waals surface area contributed by atoms with E-state index in [4.69, 9.17) is 9.84 Å². The number of aromatic nitrogens is 3. The van der Waals surface area contributed by atoms with Crippen molar-refractivity contribution in [2.75, 3.05) is 11.8 Å². The highest BCUT2D eigenvalue weighted by Gasteiger charge is 2.19. The minimum absolute atomic E-state index is 0.000413. The molecule has 0 aliphatic carbocycles. The molecule has 11 heteroatoms. The standard InChI is InChI=1S/C9H10N4O5S2/c1-18-9-10-8(11-12-9)13-20(16,17)7-3-2-5(19-7)4-6(14)15/h2-3H,4H2,1H3,(H,14,15)(H2,10,11,12,13). The summed E-state index contributed by atoms with van der Waals surface area (Å²) in [4.78, 5) is 14.7. The van der Waals surface area contributed by atoms with Crippen LogP contribution in [0.2, 0.25) is 0 Å². The van der Waals surface area contributed by atoms with Crippen LogP contribution in [0.5, 0.6) is 6.01 Å². The van der Waals surface area contributed by atoms with Crippen LogP contribution in [0.15, 0.2) is 16.3 Å². The molecule has 2 aromatic heterocycles. The third kappa shape index (κ3) is 3.24. The number of carbonyl (C=O) groups is 1. The molecule has 2 aromatic rings. The normalized spacial score (nSPS) is 11.2. The highest BCUT2D eigenvalue weighted by molar-refractivity contribution is 7.94. The van der Waals surface area contributed by atoms with E-state index in [1.54, 1.807) is 0 Å². The maximum atomic E-state index is 12.0. The highest BCUT2D eigenvalue weighted by Crippen LogP contribution is 2.23. The van der Waals surface area contributed by atoms with Crippen LogP contribution in [0.25, 0.3) is 0 Å². The number of methoxy groups -OCH3 is 1. The van der Waals surface area contributed by atoms with E-state index in [1.165, 1.54) is 19.2 Å². The summed E-state index contributed by atoms with van der Waals surface area (Å²) >= 11 is 0.875. The lowest BCUT2D eigenvalue weighted by molar-refractivity contribution is -0.136. The lowest BCUT2D eigenvalue weighted by atomic mass is 10.3. The first kappa shape index (κ1) is 14.3. The number of aliphatic carboxylic acids is 1. The van der Waals surface area contributed by atoms with Gasteiger partial charge in [0, 0.05) is 4.88 Å². The predicted molar refractivity (Wildman–Crippen MR) is 69.4 cm³/mol.